The van der Waals surface area contributed by atoms with Crippen LogP contribution in [-0.2, 0) is 45.4 Å². The van der Waals surface area contributed by atoms with E-state index in [0.29, 0.717) is 35.2 Å². The molecule has 0 bridgehead atoms. The molecule has 1 saturated carbocycles. The van der Waals surface area contributed by atoms with E-state index < -0.39 is 53.0 Å². The van der Waals surface area contributed by atoms with Crippen molar-refractivity contribution in [2.24, 2.45) is 16.6 Å². The predicted molar refractivity (Wildman–Crippen MR) is 319 cm³/mol. The molecule has 4 aromatic carbocycles. The third kappa shape index (κ3) is 18.4. The molecule has 2 aromatic heterocycles. The summed E-state index contributed by atoms with van der Waals surface area (Å²) in [7, 11) is 0. The second-order valence-electron chi connectivity index (χ2n) is 20.5. The second kappa shape index (κ2) is 31.8. The number of benzene rings is 4. The summed E-state index contributed by atoms with van der Waals surface area (Å²) in [6, 6.07) is 17.0. The normalized spacial score (nSPS) is 12.8. The van der Waals surface area contributed by atoms with E-state index in [1.165, 1.54) is 100 Å². The molecule has 2 fully saturated rings. The quantitative estimate of drug-likeness (QED) is 0.0308. The molecule has 0 unspecified atom stereocenters. The first-order chi connectivity index (χ1) is 40.1. The maximum absolute atomic E-state index is 14.2. The van der Waals surface area contributed by atoms with Crippen LogP contribution in [0.4, 0.5) is 19.3 Å². The third-order valence-corrected chi connectivity index (χ3v) is 14.4. The van der Waals surface area contributed by atoms with Crippen LogP contribution in [0.25, 0.3) is 32.2 Å². The number of nitrogens with zero attached hydrogens (tertiary/aromatic N) is 10. The van der Waals surface area contributed by atoms with Crippen molar-refractivity contribution in [3.63, 3.8) is 0 Å². The molecular weight excluding hydrogens is 1140 g/mol. The molecule has 1 aliphatic heterocycles. The van der Waals surface area contributed by atoms with Gasteiger partial charge in [0.25, 0.3) is 11.8 Å². The lowest BCUT2D eigenvalue weighted by Gasteiger charge is -2.27. The van der Waals surface area contributed by atoms with E-state index in [1.54, 1.807) is 62.9 Å². The average molecular weight is 1220 g/mol. The Morgan fingerprint density at radius 2 is 1.07 bits per heavy atom. The van der Waals surface area contributed by atoms with Crippen LogP contribution in [0, 0.1) is 11.6 Å². The molecule has 0 radical (unpaired) electrons. The summed E-state index contributed by atoms with van der Waals surface area (Å²) >= 11 is 11.6. The van der Waals surface area contributed by atoms with Crippen LogP contribution in [0.5, 0.6) is 0 Å². The van der Waals surface area contributed by atoms with Gasteiger partial charge in [-0.2, -0.15) is 10.2 Å². The van der Waals surface area contributed by atoms with Crippen molar-refractivity contribution >= 4 is 98.1 Å². The minimum atomic E-state index is -0.891. The number of rotatable bonds is 18. The average Bonchev–Trinajstić information content (AvgIpc) is 2.28. The number of likely N-dealkylation sites (tertiary alicyclic amines) is 1. The molecule has 1 aliphatic carbocycles. The van der Waals surface area contributed by atoms with Gasteiger partial charge in [-0.05, 0) is 106 Å². The van der Waals surface area contributed by atoms with Gasteiger partial charge in [-0.15, -0.1) is 0 Å². The summed E-state index contributed by atoms with van der Waals surface area (Å²) in [5.41, 5.74) is 20.9. The van der Waals surface area contributed by atoms with Gasteiger partial charge in [0.05, 0.1) is 34.2 Å². The maximum Gasteiger partial charge on any atom is 0.321 e. The second-order valence-corrected chi connectivity index (χ2v) is 21.3. The topological polar surface area (TPSA) is 319 Å². The van der Waals surface area contributed by atoms with Crippen molar-refractivity contribution in [3.8, 4) is 0 Å². The standard InChI is InChI=1S/C28H33ClFN7O4.C23H22ClFN8O4.C6H12.CH4/c1-17(2)36(15-23(38)32-14-18-7-6-8-21(29)25(18)30)24(39)16-37-22-10-9-19(13-20(22)26(34-37)27(31)40)33-28(41)35-11-4-3-5-12-35;1-12(2)32(10-18(34)28-9-14-4-3-5-16(24)20(14)25)19(35)11-33-17-7-6-13(23(37)29-31-27)8-15(17)21(30-33)22(26)36;1-2-4-6-5-3-1;/h6-10,13,17H,3-5,11-12,14-16H2,1-2H3,(H2,31,40)(H,32,38)(H,33,41);3-8,12H,9-11H2,1-2H3,(H2,26,36)(H,28,34);1-6H2;1H4. The molecule has 0 atom stereocenters. The minimum absolute atomic E-state index is 0. The number of hydrogen-bond donors (Lipinski definition) is 5. The first-order valence-corrected chi connectivity index (χ1v) is 28.1. The molecule has 9 amide bonds. The van der Waals surface area contributed by atoms with Crippen molar-refractivity contribution in [1.29, 1.82) is 0 Å². The fourth-order valence-corrected chi connectivity index (χ4v) is 9.76. The lowest BCUT2D eigenvalue weighted by Crippen LogP contribution is -2.45. The highest BCUT2D eigenvalue weighted by Gasteiger charge is 2.27. The number of piperidine rings is 1. The van der Waals surface area contributed by atoms with Gasteiger partial charge in [-0.1, -0.05) is 93.4 Å². The largest absolute Gasteiger partial charge is 0.364 e. The highest BCUT2D eigenvalue weighted by atomic mass is 35.5. The van der Waals surface area contributed by atoms with E-state index >= 15 is 0 Å². The van der Waals surface area contributed by atoms with Crippen LogP contribution in [0.3, 0.4) is 0 Å². The highest BCUT2D eigenvalue weighted by molar-refractivity contribution is 6.31. The molecule has 2 aliphatic rings. The van der Waals surface area contributed by atoms with E-state index in [4.69, 9.17) is 40.2 Å². The zero-order valence-corrected chi connectivity index (χ0v) is 48.5. The molecule has 27 heteroatoms. The number of carbonyl (C=O) groups excluding carboxylic acids is 8. The number of nitrogens with two attached hydrogens (primary N) is 2. The van der Waals surface area contributed by atoms with Crippen LogP contribution < -0.4 is 27.4 Å². The molecule has 23 nitrogen and oxygen atoms in total. The van der Waals surface area contributed by atoms with Crippen molar-refractivity contribution in [1.82, 2.24) is 44.9 Å². The van der Waals surface area contributed by atoms with Gasteiger partial charge in [-0.25, -0.2) is 13.6 Å². The molecule has 85 heavy (non-hydrogen) atoms. The summed E-state index contributed by atoms with van der Waals surface area (Å²) in [5, 5.41) is 19.9. The minimum Gasteiger partial charge on any atom is -0.364 e. The summed E-state index contributed by atoms with van der Waals surface area (Å²) in [5.74, 6) is -5.71. The predicted octanol–water partition coefficient (Wildman–Crippen LogP) is 9.41. The Balaban J connectivity index is 0.000000280. The van der Waals surface area contributed by atoms with E-state index in [-0.39, 0.29) is 108 Å². The van der Waals surface area contributed by atoms with Gasteiger partial charge in [-0.3, -0.25) is 42.9 Å². The first kappa shape index (κ1) is 67.1. The lowest BCUT2D eigenvalue weighted by atomic mass is 10.0. The summed E-state index contributed by atoms with van der Waals surface area (Å²) in [4.78, 5) is 107. The Morgan fingerprint density at radius 3 is 1.49 bits per heavy atom. The summed E-state index contributed by atoms with van der Waals surface area (Å²) < 4.78 is 30.8. The van der Waals surface area contributed by atoms with Gasteiger partial charge < -0.3 is 42.1 Å². The number of hydrogen-bond acceptors (Lipinski definition) is 10. The Hall–Kier alpha value is -8.67. The van der Waals surface area contributed by atoms with Crippen molar-refractivity contribution in [2.75, 3.05) is 31.5 Å². The van der Waals surface area contributed by atoms with Crippen LogP contribution in [0.2, 0.25) is 10.0 Å². The Morgan fingerprint density at radius 1 is 0.647 bits per heavy atom. The fraction of sp³-hybridized carbons (Fsp3) is 0.414. The third-order valence-electron chi connectivity index (χ3n) is 13.8. The van der Waals surface area contributed by atoms with E-state index in [9.17, 15) is 47.1 Å². The molecule has 454 valence electrons. The number of fused-ring (bicyclic) bond motifs is 2. The van der Waals surface area contributed by atoms with E-state index in [2.05, 4.69) is 36.2 Å². The zero-order valence-electron chi connectivity index (χ0n) is 47.0. The monoisotopic (exact) mass is 1210 g/mol. The SMILES string of the molecule is C.C1CCCCC1.CC(C)N(CC(=O)NCc1cccc(Cl)c1F)C(=O)Cn1nc(C(N)=O)c2cc(C(=O)N=[N+]=[N-])ccc21.CC(C)N(CC(=O)NCc1cccc(Cl)c1F)C(=O)Cn1nc(C(N)=O)c2cc(NC(=O)N3CCCCC3)ccc21. The lowest BCUT2D eigenvalue weighted by molar-refractivity contribution is -0.138. The molecular formula is C58H71Cl2F2N15O8. The molecule has 7 N–H and O–H groups in total. The van der Waals surface area contributed by atoms with Gasteiger partial charge >= 0.3 is 6.03 Å². The number of amides is 9. The molecule has 0 spiro atoms. The van der Waals surface area contributed by atoms with Crippen LogP contribution >= 0.6 is 23.2 Å². The Kier molecular flexibility index (Phi) is 25.1. The maximum atomic E-state index is 14.2. The number of primary amides is 2. The number of urea groups is 1. The number of anilines is 1. The number of azide groups is 1. The van der Waals surface area contributed by atoms with Crippen LogP contribution in [-0.4, -0.2) is 120 Å². The van der Waals surface area contributed by atoms with Crippen molar-refractivity contribution in [2.45, 2.75) is 131 Å². The number of halogens is 4. The van der Waals surface area contributed by atoms with Crippen LogP contribution in [0.15, 0.2) is 77.9 Å². The zero-order chi connectivity index (χ0) is 61.2. The van der Waals surface area contributed by atoms with E-state index in [0.717, 1.165) is 19.3 Å². The number of carbonyl (C=O) groups is 8. The fourth-order valence-electron chi connectivity index (χ4n) is 9.37. The molecule has 1 saturated heterocycles. The smallest absolute Gasteiger partial charge is 0.321 e. The molecule has 6 aromatic rings. The summed E-state index contributed by atoms with van der Waals surface area (Å²) in [6.45, 7) is 6.91. The Bertz CT molecular complexity index is 3450. The van der Waals surface area contributed by atoms with Crippen LogP contribution in [0.1, 0.15) is 135 Å². The number of nitrogens with one attached hydrogen (secondary N) is 3. The molecule has 3 heterocycles. The van der Waals surface area contributed by atoms with Crippen molar-refractivity contribution < 1.29 is 47.1 Å². The van der Waals surface area contributed by atoms with Crippen molar-refractivity contribution in [3.05, 3.63) is 133 Å². The Labute approximate surface area is 500 Å². The van der Waals surface area contributed by atoms with Gasteiger partial charge in [0.15, 0.2) is 11.4 Å². The summed E-state index contributed by atoms with van der Waals surface area (Å²) in [6.07, 6.45) is 12.0. The van der Waals surface area contributed by atoms with Gasteiger partial charge in [0.2, 0.25) is 29.5 Å². The highest BCUT2D eigenvalue weighted by Crippen LogP contribution is 2.26. The van der Waals surface area contributed by atoms with E-state index in [1.807, 2.05) is 0 Å². The van der Waals surface area contributed by atoms with Gasteiger partial charge in [0.1, 0.15) is 24.7 Å². The van der Waals surface area contributed by atoms with Gasteiger partial charge in [0, 0.05) is 76.3 Å². The molecule has 8 rings (SSSR count). The number of aromatic nitrogens is 4. The first-order valence-electron chi connectivity index (χ1n) is 27.3.